The van der Waals surface area contributed by atoms with E-state index in [-0.39, 0.29) is 11.0 Å². The van der Waals surface area contributed by atoms with Gasteiger partial charge < -0.3 is 5.32 Å². The summed E-state index contributed by atoms with van der Waals surface area (Å²) in [7, 11) is 0. The molecule has 1 aromatic carbocycles. The van der Waals surface area contributed by atoms with Gasteiger partial charge in [-0.3, -0.25) is 9.59 Å². The number of hydrogen-bond acceptors (Lipinski definition) is 8. The molecule has 0 radical (unpaired) electrons. The summed E-state index contributed by atoms with van der Waals surface area (Å²) < 4.78 is 0. The fourth-order valence-corrected chi connectivity index (χ4v) is 2.63. The van der Waals surface area contributed by atoms with Crippen LogP contribution in [-0.4, -0.2) is 13.1 Å². The maximum absolute atomic E-state index is 12.9. The standard InChI is InChI=1S/C20H21N6O2/c1-3-5-7-25-15-9-16(26-8-6-4-2)19(28)17(18(15)27)20(12-23,13-24)14(10-21)11-22/h9,14,25H,3-8H2,1-2H3/q+1. The molecule has 28 heavy (non-hydrogen) atoms. The predicted molar refractivity (Wildman–Crippen MR) is 102 cm³/mol. The summed E-state index contributed by atoms with van der Waals surface area (Å²) >= 11 is 0. The number of rotatable bonds is 9. The van der Waals surface area contributed by atoms with Gasteiger partial charge in [0.25, 0.3) is 0 Å². The normalized spacial score (nSPS) is 11.3. The second-order valence-corrected chi connectivity index (χ2v) is 6.21. The van der Waals surface area contributed by atoms with Gasteiger partial charge in [0, 0.05) is 6.54 Å². The summed E-state index contributed by atoms with van der Waals surface area (Å²) in [6, 6.07) is 7.58. The maximum Gasteiger partial charge on any atom is 0.320 e. The van der Waals surface area contributed by atoms with Gasteiger partial charge in [-0.2, -0.15) is 21.0 Å². The van der Waals surface area contributed by atoms with E-state index in [1.165, 1.54) is 6.07 Å². The lowest BCUT2D eigenvalue weighted by Gasteiger charge is -2.14. The van der Waals surface area contributed by atoms with Crippen molar-refractivity contribution in [2.24, 2.45) is 10.9 Å². The lowest BCUT2D eigenvalue weighted by Crippen LogP contribution is -2.47. The number of benzene rings is 1. The fraction of sp³-hybridized carbons (Fsp3) is 0.500. The summed E-state index contributed by atoms with van der Waals surface area (Å²) in [5, 5.41) is 40.6. The molecule has 0 spiro atoms. The number of anilines is 1. The Morgan fingerprint density at radius 3 is 2.18 bits per heavy atom. The van der Waals surface area contributed by atoms with Crippen molar-refractivity contribution in [2.75, 3.05) is 18.4 Å². The molecule has 8 heteroatoms. The number of nitrogens with one attached hydrogen (secondary N) is 1. The number of hydrogen-bond donors (Lipinski definition) is 1. The Morgan fingerprint density at radius 1 is 1.07 bits per heavy atom. The number of nitriles is 4. The van der Waals surface area contributed by atoms with Crippen LogP contribution in [-0.2, 0) is 5.41 Å². The Morgan fingerprint density at radius 2 is 1.68 bits per heavy atom. The van der Waals surface area contributed by atoms with Gasteiger partial charge in [0.2, 0.25) is 10.8 Å². The van der Waals surface area contributed by atoms with Crippen LogP contribution in [0.25, 0.3) is 0 Å². The molecule has 0 amide bonds. The van der Waals surface area contributed by atoms with Crippen LogP contribution < -0.4 is 21.5 Å². The molecular weight excluding hydrogens is 356 g/mol. The van der Waals surface area contributed by atoms with Crippen molar-refractivity contribution in [3.05, 3.63) is 37.4 Å². The molecule has 8 nitrogen and oxygen atoms in total. The van der Waals surface area contributed by atoms with Crippen LogP contribution in [0.2, 0.25) is 0 Å². The lowest BCUT2D eigenvalue weighted by atomic mass is 9.73. The van der Waals surface area contributed by atoms with Gasteiger partial charge in [-0.05, 0) is 12.8 Å². The maximum atomic E-state index is 12.9. The van der Waals surface area contributed by atoms with E-state index in [1.54, 1.807) is 24.3 Å². The molecule has 0 atom stereocenters. The summed E-state index contributed by atoms with van der Waals surface area (Å²) in [6.07, 6.45) is 3.19. The minimum atomic E-state index is -2.49. The van der Waals surface area contributed by atoms with E-state index in [0.29, 0.717) is 19.5 Å². The molecule has 0 aliphatic heterocycles. The highest BCUT2D eigenvalue weighted by Crippen LogP contribution is 2.27. The molecule has 1 rings (SSSR count). The molecule has 0 aliphatic carbocycles. The second kappa shape index (κ2) is 10.5. The molecule has 0 aromatic heterocycles. The topological polar surface area (TPSA) is 154 Å². The molecule has 142 valence electrons. The number of nitrogens with zero attached hydrogens (tertiary/aromatic N) is 5. The van der Waals surface area contributed by atoms with Gasteiger partial charge in [-0.1, -0.05) is 26.7 Å². The van der Waals surface area contributed by atoms with E-state index >= 15 is 0 Å². The van der Waals surface area contributed by atoms with Crippen molar-refractivity contribution in [3.63, 3.8) is 0 Å². The summed E-state index contributed by atoms with van der Waals surface area (Å²) in [5.74, 6) is -1.79. The zero-order valence-corrected chi connectivity index (χ0v) is 15.9. The van der Waals surface area contributed by atoms with E-state index < -0.39 is 27.8 Å². The minimum absolute atomic E-state index is 0.0304. The molecule has 1 N–H and O–H groups in total. The van der Waals surface area contributed by atoms with Crippen molar-refractivity contribution in [1.82, 2.24) is 0 Å². The first-order valence-corrected chi connectivity index (χ1v) is 9.05. The first-order valence-electron chi connectivity index (χ1n) is 9.05. The highest BCUT2D eigenvalue weighted by atomic mass is 16.1. The molecule has 0 fully saturated rings. The van der Waals surface area contributed by atoms with Gasteiger partial charge in [-0.15, -0.1) is 0 Å². The van der Waals surface area contributed by atoms with Crippen LogP contribution >= 0.6 is 0 Å². The van der Waals surface area contributed by atoms with Crippen LogP contribution in [0, 0.1) is 51.2 Å². The summed E-state index contributed by atoms with van der Waals surface area (Å²) in [6.45, 7) is 4.71. The third-order valence-electron chi connectivity index (χ3n) is 4.29. The number of unbranched alkanes of at least 4 members (excludes halogenated alkanes) is 2. The zero-order valence-electron chi connectivity index (χ0n) is 15.9. The molecule has 0 aliphatic rings. The van der Waals surface area contributed by atoms with Crippen molar-refractivity contribution in [1.29, 1.82) is 21.0 Å². The molecular formula is C20H21N6O2+. The average molecular weight is 377 g/mol. The second-order valence-electron chi connectivity index (χ2n) is 6.21. The molecule has 0 unspecified atom stereocenters. The smallest absolute Gasteiger partial charge is 0.320 e. The van der Waals surface area contributed by atoms with Gasteiger partial charge in [0.15, 0.2) is 17.2 Å². The molecule has 0 saturated carbocycles. The van der Waals surface area contributed by atoms with E-state index in [1.807, 2.05) is 13.8 Å². The highest BCUT2D eigenvalue weighted by molar-refractivity contribution is 5.53. The Balaban J connectivity index is 3.89. The van der Waals surface area contributed by atoms with Crippen molar-refractivity contribution >= 4 is 5.69 Å². The third kappa shape index (κ3) is 4.37. The summed E-state index contributed by atoms with van der Waals surface area (Å²) in [5.41, 5.74) is -4.89. The summed E-state index contributed by atoms with van der Waals surface area (Å²) in [4.78, 5) is 30.1. The van der Waals surface area contributed by atoms with Crippen LogP contribution in [0.4, 0.5) is 5.69 Å². The quantitative estimate of drug-likeness (QED) is 0.504. The lowest BCUT2D eigenvalue weighted by molar-refractivity contribution is 0.602. The van der Waals surface area contributed by atoms with Crippen molar-refractivity contribution in [3.8, 4) is 24.3 Å². The third-order valence-corrected chi connectivity index (χ3v) is 4.29. The van der Waals surface area contributed by atoms with Gasteiger partial charge in [-0.25, -0.2) is 4.99 Å². The van der Waals surface area contributed by atoms with Gasteiger partial charge >= 0.3 is 10.9 Å². The predicted octanol–water partition coefficient (Wildman–Crippen LogP) is 1.42. The first kappa shape index (κ1) is 22.4. The largest absolute Gasteiger partial charge is 0.330 e. The van der Waals surface area contributed by atoms with Gasteiger partial charge in [0.05, 0.1) is 18.7 Å². The van der Waals surface area contributed by atoms with E-state index in [2.05, 4.69) is 10.3 Å². The SMILES string of the molecule is CCCCN=c1cc(NCCCC)c(=O)[c+](C(C#N)(C#N)C(C#N)C#N)c1=O. The Hall–Kier alpha value is -3.62. The fourth-order valence-electron chi connectivity index (χ4n) is 2.63. The van der Waals surface area contributed by atoms with E-state index in [0.717, 1.165) is 19.3 Å². The molecule has 0 heterocycles. The molecule has 0 bridgehead atoms. The van der Waals surface area contributed by atoms with Crippen molar-refractivity contribution < 1.29 is 0 Å². The average Bonchev–Trinajstić information content (AvgIpc) is 2.70. The van der Waals surface area contributed by atoms with Gasteiger partial charge in [0.1, 0.15) is 18.2 Å². The van der Waals surface area contributed by atoms with E-state index in [4.69, 9.17) is 0 Å². The molecule has 1 aromatic rings. The van der Waals surface area contributed by atoms with Crippen LogP contribution in [0.5, 0.6) is 0 Å². The van der Waals surface area contributed by atoms with Crippen LogP contribution in [0.15, 0.2) is 20.6 Å². The van der Waals surface area contributed by atoms with E-state index in [9.17, 15) is 30.6 Å². The van der Waals surface area contributed by atoms with Crippen LogP contribution in [0.1, 0.15) is 45.1 Å². The Bertz CT molecular complexity index is 1000. The first-order chi connectivity index (χ1) is 13.5. The molecule has 0 saturated heterocycles. The van der Waals surface area contributed by atoms with Crippen molar-refractivity contribution in [2.45, 2.75) is 44.9 Å². The van der Waals surface area contributed by atoms with Crippen LogP contribution in [0.3, 0.4) is 0 Å². The minimum Gasteiger partial charge on any atom is -0.330 e. The highest BCUT2D eigenvalue weighted by Gasteiger charge is 2.51. The Labute approximate surface area is 163 Å². The monoisotopic (exact) mass is 377 g/mol. The Kier molecular flexibility index (Phi) is 8.42. The zero-order chi connectivity index (χ0) is 21.2.